The zero-order valence-electron chi connectivity index (χ0n) is 11.8. The van der Waals surface area contributed by atoms with Crippen LogP contribution in [-0.2, 0) is 6.54 Å². The van der Waals surface area contributed by atoms with Crippen LogP contribution < -0.4 is 0 Å². The van der Waals surface area contributed by atoms with E-state index in [0.29, 0.717) is 13.1 Å². The number of aromatic nitrogens is 1. The fourth-order valence-electron chi connectivity index (χ4n) is 2.02. The molecular formula is C16H17FN2O2. The molecule has 0 aliphatic carbocycles. The molecule has 0 saturated carbocycles. The van der Waals surface area contributed by atoms with Gasteiger partial charge in [-0.15, -0.1) is 0 Å². The number of likely N-dealkylation sites (N-methyl/N-ethyl adjacent to an activating group) is 1. The van der Waals surface area contributed by atoms with Crippen molar-refractivity contribution in [3.8, 4) is 5.75 Å². The molecule has 1 aromatic heterocycles. The minimum atomic E-state index is -0.538. The van der Waals surface area contributed by atoms with Crippen molar-refractivity contribution in [1.29, 1.82) is 0 Å². The summed E-state index contributed by atoms with van der Waals surface area (Å²) in [5, 5.41) is 9.66. The number of rotatable bonds is 6. The standard InChI is InChI=1S/C16H17FN2O2/c1-2-19(10-13-5-3-4-8-18-13)11-16(21)14-9-12(17)6-7-15(14)20/h3-9,20H,2,10-11H2,1H3. The molecule has 0 fully saturated rings. The van der Waals surface area contributed by atoms with Crippen molar-refractivity contribution in [2.75, 3.05) is 13.1 Å². The Morgan fingerprint density at radius 2 is 2.14 bits per heavy atom. The largest absolute Gasteiger partial charge is 0.507 e. The molecule has 1 N–H and O–H groups in total. The minimum absolute atomic E-state index is 0.00877. The van der Waals surface area contributed by atoms with Crippen LogP contribution in [0.4, 0.5) is 4.39 Å². The smallest absolute Gasteiger partial charge is 0.180 e. The van der Waals surface area contributed by atoms with E-state index in [4.69, 9.17) is 0 Å². The molecular weight excluding hydrogens is 271 g/mol. The van der Waals surface area contributed by atoms with Gasteiger partial charge in [-0.25, -0.2) is 4.39 Å². The fourth-order valence-corrected chi connectivity index (χ4v) is 2.02. The zero-order chi connectivity index (χ0) is 15.2. The van der Waals surface area contributed by atoms with Gasteiger partial charge in [0.2, 0.25) is 0 Å². The molecule has 1 aromatic carbocycles. The van der Waals surface area contributed by atoms with Crippen molar-refractivity contribution in [2.45, 2.75) is 13.5 Å². The Kier molecular flexibility index (Phi) is 5.00. The molecule has 0 aliphatic heterocycles. The molecule has 0 amide bonds. The highest BCUT2D eigenvalue weighted by atomic mass is 19.1. The molecule has 0 aliphatic rings. The number of phenolic OH excluding ortho intramolecular Hbond substituents is 1. The van der Waals surface area contributed by atoms with Crippen LogP contribution in [0.2, 0.25) is 0 Å². The van der Waals surface area contributed by atoms with Crippen LogP contribution in [0.5, 0.6) is 5.75 Å². The molecule has 21 heavy (non-hydrogen) atoms. The summed E-state index contributed by atoms with van der Waals surface area (Å²) < 4.78 is 13.2. The number of pyridine rings is 1. The second-order valence-electron chi connectivity index (χ2n) is 4.71. The van der Waals surface area contributed by atoms with Gasteiger partial charge in [-0.05, 0) is 36.9 Å². The van der Waals surface area contributed by atoms with Crippen LogP contribution in [0.25, 0.3) is 0 Å². The number of ketones is 1. The van der Waals surface area contributed by atoms with E-state index in [-0.39, 0.29) is 23.6 Å². The second kappa shape index (κ2) is 6.95. The van der Waals surface area contributed by atoms with Crippen molar-refractivity contribution in [3.05, 3.63) is 59.7 Å². The number of Topliss-reactive ketones (excluding diaryl/α,β-unsaturated/α-hetero) is 1. The Bertz CT molecular complexity index is 617. The Balaban J connectivity index is 2.07. The molecule has 0 spiro atoms. The number of phenols is 1. The lowest BCUT2D eigenvalue weighted by Crippen LogP contribution is -2.29. The minimum Gasteiger partial charge on any atom is -0.507 e. The van der Waals surface area contributed by atoms with Gasteiger partial charge >= 0.3 is 0 Å². The lowest BCUT2D eigenvalue weighted by molar-refractivity contribution is 0.0925. The molecule has 2 rings (SSSR count). The van der Waals surface area contributed by atoms with E-state index in [1.807, 2.05) is 30.0 Å². The Morgan fingerprint density at radius 1 is 1.33 bits per heavy atom. The van der Waals surface area contributed by atoms with E-state index in [1.54, 1.807) is 6.20 Å². The molecule has 0 unspecified atom stereocenters. The Labute approximate surface area is 122 Å². The molecule has 110 valence electrons. The van der Waals surface area contributed by atoms with E-state index in [0.717, 1.165) is 17.8 Å². The number of aromatic hydroxyl groups is 1. The number of halogens is 1. The van der Waals surface area contributed by atoms with Gasteiger partial charge in [-0.3, -0.25) is 14.7 Å². The molecule has 2 aromatic rings. The molecule has 0 saturated heterocycles. The third-order valence-electron chi connectivity index (χ3n) is 3.19. The van der Waals surface area contributed by atoms with Crippen molar-refractivity contribution in [1.82, 2.24) is 9.88 Å². The highest BCUT2D eigenvalue weighted by Gasteiger charge is 2.16. The van der Waals surface area contributed by atoms with Gasteiger partial charge in [0.15, 0.2) is 5.78 Å². The first kappa shape index (κ1) is 15.1. The maximum atomic E-state index is 13.2. The SMILES string of the molecule is CCN(CC(=O)c1cc(F)ccc1O)Cc1ccccn1. The fraction of sp³-hybridized carbons (Fsp3) is 0.250. The summed E-state index contributed by atoms with van der Waals surface area (Å²) in [6, 6.07) is 8.97. The summed E-state index contributed by atoms with van der Waals surface area (Å²) in [6.07, 6.45) is 1.70. The van der Waals surface area contributed by atoms with Crippen LogP contribution in [0.15, 0.2) is 42.6 Å². The van der Waals surface area contributed by atoms with Gasteiger partial charge in [-0.1, -0.05) is 13.0 Å². The van der Waals surface area contributed by atoms with Gasteiger partial charge in [0.25, 0.3) is 0 Å². The van der Waals surface area contributed by atoms with E-state index < -0.39 is 5.82 Å². The Morgan fingerprint density at radius 3 is 2.81 bits per heavy atom. The first-order valence-corrected chi connectivity index (χ1v) is 6.74. The van der Waals surface area contributed by atoms with E-state index in [9.17, 15) is 14.3 Å². The topological polar surface area (TPSA) is 53.4 Å². The van der Waals surface area contributed by atoms with Gasteiger partial charge in [-0.2, -0.15) is 0 Å². The number of carbonyl (C=O) groups excluding carboxylic acids is 1. The predicted octanol–water partition coefficient (Wildman–Crippen LogP) is 2.63. The average Bonchev–Trinajstić information content (AvgIpc) is 2.50. The normalized spacial score (nSPS) is 10.8. The van der Waals surface area contributed by atoms with Crippen LogP contribution in [0, 0.1) is 5.82 Å². The number of benzene rings is 1. The van der Waals surface area contributed by atoms with Gasteiger partial charge in [0, 0.05) is 12.7 Å². The van der Waals surface area contributed by atoms with Gasteiger partial charge in [0.1, 0.15) is 11.6 Å². The van der Waals surface area contributed by atoms with Crippen molar-refractivity contribution >= 4 is 5.78 Å². The zero-order valence-corrected chi connectivity index (χ0v) is 11.8. The summed E-state index contributed by atoms with van der Waals surface area (Å²) in [7, 11) is 0. The third kappa shape index (κ3) is 4.10. The maximum absolute atomic E-state index is 13.2. The molecule has 0 bridgehead atoms. The number of hydrogen-bond acceptors (Lipinski definition) is 4. The highest BCUT2D eigenvalue weighted by molar-refractivity contribution is 5.99. The van der Waals surface area contributed by atoms with E-state index in [2.05, 4.69) is 4.98 Å². The first-order chi connectivity index (χ1) is 10.1. The van der Waals surface area contributed by atoms with Crippen molar-refractivity contribution < 1.29 is 14.3 Å². The lowest BCUT2D eigenvalue weighted by Gasteiger charge is -2.19. The summed E-state index contributed by atoms with van der Waals surface area (Å²) in [4.78, 5) is 18.3. The van der Waals surface area contributed by atoms with Crippen molar-refractivity contribution in [2.24, 2.45) is 0 Å². The van der Waals surface area contributed by atoms with Crippen LogP contribution in [-0.4, -0.2) is 33.9 Å². The number of carbonyl (C=O) groups is 1. The third-order valence-corrected chi connectivity index (χ3v) is 3.19. The molecule has 5 heteroatoms. The van der Waals surface area contributed by atoms with Gasteiger partial charge < -0.3 is 5.11 Å². The van der Waals surface area contributed by atoms with Crippen molar-refractivity contribution in [3.63, 3.8) is 0 Å². The first-order valence-electron chi connectivity index (χ1n) is 6.74. The van der Waals surface area contributed by atoms with Gasteiger partial charge in [0.05, 0.1) is 17.8 Å². The molecule has 0 radical (unpaired) electrons. The number of hydrogen-bond donors (Lipinski definition) is 1. The summed E-state index contributed by atoms with van der Waals surface area (Å²) in [5.41, 5.74) is 0.866. The summed E-state index contributed by atoms with van der Waals surface area (Å²) in [6.45, 7) is 3.21. The molecule has 4 nitrogen and oxygen atoms in total. The van der Waals surface area contributed by atoms with Crippen LogP contribution in [0.3, 0.4) is 0 Å². The van der Waals surface area contributed by atoms with Crippen LogP contribution >= 0.6 is 0 Å². The second-order valence-corrected chi connectivity index (χ2v) is 4.71. The van der Waals surface area contributed by atoms with E-state index >= 15 is 0 Å². The summed E-state index contributed by atoms with van der Waals surface area (Å²) >= 11 is 0. The monoisotopic (exact) mass is 288 g/mol. The lowest BCUT2D eigenvalue weighted by atomic mass is 10.1. The van der Waals surface area contributed by atoms with E-state index in [1.165, 1.54) is 6.07 Å². The predicted molar refractivity (Wildman–Crippen MR) is 77.6 cm³/mol. The highest BCUT2D eigenvalue weighted by Crippen LogP contribution is 2.19. The average molecular weight is 288 g/mol. The molecule has 1 heterocycles. The summed E-state index contributed by atoms with van der Waals surface area (Å²) in [5.74, 6) is -1.05. The maximum Gasteiger partial charge on any atom is 0.180 e. The number of nitrogens with zero attached hydrogens (tertiary/aromatic N) is 2. The van der Waals surface area contributed by atoms with Crippen LogP contribution in [0.1, 0.15) is 23.0 Å². The quantitative estimate of drug-likeness (QED) is 0.830. The molecule has 0 atom stereocenters. The Hall–Kier alpha value is -2.27.